The molecule has 0 saturated heterocycles. The van der Waals surface area contributed by atoms with Gasteiger partial charge in [-0.25, -0.2) is 0 Å². The Morgan fingerprint density at radius 1 is 1.67 bits per heavy atom. The number of aliphatic hydroxyl groups is 1. The number of hydrogen-bond donors (Lipinski definition) is 2. The molecule has 1 aromatic heterocycles. The Morgan fingerprint density at radius 2 is 2.42 bits per heavy atom. The van der Waals surface area contributed by atoms with E-state index in [1.807, 2.05) is 6.92 Å². The number of aromatic nitrogens is 4. The molecule has 0 radical (unpaired) electrons. The zero-order valence-electron chi connectivity index (χ0n) is 7.01. The van der Waals surface area contributed by atoms with Crippen molar-refractivity contribution < 1.29 is 5.11 Å². The van der Waals surface area contributed by atoms with Gasteiger partial charge in [-0.05, 0) is 25.1 Å². The lowest BCUT2D eigenvalue weighted by molar-refractivity contribution is 0.160. The average Bonchev–Trinajstić information content (AvgIpc) is 2.52. The Balaban J connectivity index is 2.61. The minimum absolute atomic E-state index is 0.349. The van der Waals surface area contributed by atoms with Gasteiger partial charge in [-0.2, -0.15) is 4.80 Å². The van der Waals surface area contributed by atoms with Crippen LogP contribution in [0, 0.1) is 0 Å². The van der Waals surface area contributed by atoms with Gasteiger partial charge in [-0.3, -0.25) is 0 Å². The smallest absolute Gasteiger partial charge is 0.203 e. The Labute approximate surface area is 70.4 Å². The van der Waals surface area contributed by atoms with E-state index in [9.17, 15) is 5.11 Å². The lowest BCUT2D eigenvalue weighted by Crippen LogP contribution is -2.08. The van der Waals surface area contributed by atoms with Crippen LogP contribution in [0.15, 0.2) is 0 Å². The normalized spacial score (nSPS) is 13.2. The van der Waals surface area contributed by atoms with Crippen molar-refractivity contribution in [2.45, 2.75) is 26.0 Å². The molecular weight excluding hydrogens is 158 g/mol. The lowest BCUT2D eigenvalue weighted by atomic mass is 10.2. The van der Waals surface area contributed by atoms with E-state index in [4.69, 9.17) is 5.73 Å². The van der Waals surface area contributed by atoms with Gasteiger partial charge in [0.2, 0.25) is 5.82 Å². The quantitative estimate of drug-likeness (QED) is 0.611. The number of aryl methyl sites for hydroxylation is 1. The molecule has 68 valence electrons. The van der Waals surface area contributed by atoms with Crippen LogP contribution >= 0.6 is 0 Å². The molecule has 0 aliphatic heterocycles. The van der Waals surface area contributed by atoms with Gasteiger partial charge >= 0.3 is 0 Å². The Morgan fingerprint density at radius 3 is 2.92 bits per heavy atom. The monoisotopic (exact) mass is 171 g/mol. The second-order valence-corrected chi connectivity index (χ2v) is 2.43. The Hall–Kier alpha value is -1.01. The molecule has 0 aromatic carbocycles. The fourth-order valence-corrected chi connectivity index (χ4v) is 0.810. The summed E-state index contributed by atoms with van der Waals surface area (Å²) in [6.45, 7) is 2.98. The van der Waals surface area contributed by atoms with Gasteiger partial charge in [-0.1, -0.05) is 0 Å². The molecule has 0 bridgehead atoms. The Bertz CT molecular complexity index is 236. The molecular formula is C6H13N5O. The van der Waals surface area contributed by atoms with Crippen molar-refractivity contribution in [3.05, 3.63) is 5.82 Å². The second-order valence-electron chi connectivity index (χ2n) is 2.43. The molecule has 1 heterocycles. The van der Waals surface area contributed by atoms with Gasteiger partial charge in [0, 0.05) is 0 Å². The van der Waals surface area contributed by atoms with Crippen molar-refractivity contribution in [2.24, 2.45) is 5.73 Å². The molecule has 0 fully saturated rings. The molecule has 1 rings (SSSR count). The number of aliphatic hydroxyl groups excluding tert-OH is 1. The maximum Gasteiger partial charge on any atom is 0.203 e. The fourth-order valence-electron chi connectivity index (χ4n) is 0.810. The van der Waals surface area contributed by atoms with E-state index in [-0.39, 0.29) is 0 Å². The average molecular weight is 171 g/mol. The first-order valence-corrected chi connectivity index (χ1v) is 3.93. The number of tetrazole rings is 1. The summed E-state index contributed by atoms with van der Waals surface area (Å²) in [6, 6.07) is 0. The highest BCUT2D eigenvalue weighted by Gasteiger charge is 2.11. The van der Waals surface area contributed by atoms with Gasteiger partial charge in [0.1, 0.15) is 6.10 Å². The predicted octanol–water partition coefficient (Wildman–Crippen LogP) is -0.925. The van der Waals surface area contributed by atoms with Crippen molar-refractivity contribution in [3.63, 3.8) is 0 Å². The molecule has 0 aliphatic rings. The first-order chi connectivity index (χ1) is 5.77. The van der Waals surface area contributed by atoms with Crippen LogP contribution in [0.4, 0.5) is 0 Å². The van der Waals surface area contributed by atoms with E-state index in [1.165, 1.54) is 4.80 Å². The van der Waals surface area contributed by atoms with Crippen molar-refractivity contribution in [2.75, 3.05) is 6.54 Å². The SMILES string of the molecule is CCn1nnc(C(O)CCN)n1. The van der Waals surface area contributed by atoms with Crippen LogP contribution in [0.3, 0.4) is 0 Å². The van der Waals surface area contributed by atoms with E-state index in [2.05, 4.69) is 15.4 Å². The molecule has 12 heavy (non-hydrogen) atoms. The molecule has 0 aliphatic carbocycles. The van der Waals surface area contributed by atoms with E-state index >= 15 is 0 Å². The highest BCUT2D eigenvalue weighted by atomic mass is 16.3. The first-order valence-electron chi connectivity index (χ1n) is 3.93. The predicted molar refractivity (Wildman–Crippen MR) is 42.1 cm³/mol. The van der Waals surface area contributed by atoms with Gasteiger partial charge in [0.05, 0.1) is 6.54 Å². The maximum absolute atomic E-state index is 9.37. The van der Waals surface area contributed by atoms with Gasteiger partial charge in [-0.15, -0.1) is 10.2 Å². The summed E-state index contributed by atoms with van der Waals surface area (Å²) in [7, 11) is 0. The molecule has 6 heteroatoms. The van der Waals surface area contributed by atoms with Gasteiger partial charge < -0.3 is 10.8 Å². The molecule has 1 unspecified atom stereocenters. The van der Waals surface area contributed by atoms with Crippen LogP contribution in [0.1, 0.15) is 25.3 Å². The molecule has 3 N–H and O–H groups in total. The summed E-state index contributed by atoms with van der Waals surface area (Å²) in [5, 5.41) is 20.7. The topological polar surface area (TPSA) is 89.8 Å². The molecule has 1 aromatic rings. The highest BCUT2D eigenvalue weighted by Crippen LogP contribution is 2.08. The first kappa shape index (κ1) is 9.08. The van der Waals surface area contributed by atoms with Crippen LogP contribution in [-0.4, -0.2) is 31.9 Å². The fraction of sp³-hybridized carbons (Fsp3) is 0.833. The summed E-state index contributed by atoms with van der Waals surface area (Å²) in [4.78, 5) is 1.43. The summed E-state index contributed by atoms with van der Waals surface area (Å²) >= 11 is 0. The maximum atomic E-state index is 9.37. The van der Waals surface area contributed by atoms with E-state index < -0.39 is 6.10 Å². The molecule has 0 saturated carbocycles. The summed E-state index contributed by atoms with van der Waals surface area (Å²) in [5.41, 5.74) is 5.26. The third-order valence-corrected chi connectivity index (χ3v) is 1.49. The number of rotatable bonds is 4. The van der Waals surface area contributed by atoms with Crippen LogP contribution < -0.4 is 5.73 Å². The highest BCUT2D eigenvalue weighted by molar-refractivity contribution is 4.83. The standard InChI is InChI=1S/C6H13N5O/c1-2-11-9-6(8-10-11)5(12)3-4-7/h5,12H,2-4,7H2,1H3. The number of hydrogen-bond acceptors (Lipinski definition) is 5. The van der Waals surface area contributed by atoms with Crippen LogP contribution in [-0.2, 0) is 6.54 Å². The second kappa shape index (κ2) is 4.13. The van der Waals surface area contributed by atoms with E-state index in [0.29, 0.717) is 25.3 Å². The van der Waals surface area contributed by atoms with Crippen LogP contribution in [0.25, 0.3) is 0 Å². The number of nitrogens with zero attached hydrogens (tertiary/aromatic N) is 4. The summed E-state index contributed by atoms with van der Waals surface area (Å²) in [5.74, 6) is 0.349. The van der Waals surface area contributed by atoms with Crippen molar-refractivity contribution in [1.82, 2.24) is 20.2 Å². The summed E-state index contributed by atoms with van der Waals surface area (Å²) in [6.07, 6.45) is -0.217. The van der Waals surface area contributed by atoms with Crippen LogP contribution in [0.5, 0.6) is 0 Å². The van der Waals surface area contributed by atoms with E-state index in [1.54, 1.807) is 0 Å². The largest absolute Gasteiger partial charge is 0.385 e. The minimum atomic E-state index is -0.685. The lowest BCUT2D eigenvalue weighted by Gasteiger charge is -2.01. The van der Waals surface area contributed by atoms with Crippen molar-refractivity contribution in [1.29, 1.82) is 0 Å². The zero-order chi connectivity index (χ0) is 8.97. The molecule has 0 amide bonds. The molecule has 0 spiro atoms. The van der Waals surface area contributed by atoms with E-state index in [0.717, 1.165) is 0 Å². The minimum Gasteiger partial charge on any atom is -0.385 e. The zero-order valence-corrected chi connectivity index (χ0v) is 7.01. The third-order valence-electron chi connectivity index (χ3n) is 1.49. The third kappa shape index (κ3) is 1.99. The summed E-state index contributed by atoms with van der Waals surface area (Å²) < 4.78 is 0. The number of nitrogens with two attached hydrogens (primary N) is 1. The molecule has 6 nitrogen and oxygen atoms in total. The van der Waals surface area contributed by atoms with Crippen molar-refractivity contribution >= 4 is 0 Å². The van der Waals surface area contributed by atoms with Crippen LogP contribution in [0.2, 0.25) is 0 Å². The van der Waals surface area contributed by atoms with Gasteiger partial charge in [0.15, 0.2) is 0 Å². The van der Waals surface area contributed by atoms with Gasteiger partial charge in [0.25, 0.3) is 0 Å². The molecule has 1 atom stereocenters. The Kier molecular flexibility index (Phi) is 3.12. The van der Waals surface area contributed by atoms with Crippen molar-refractivity contribution in [3.8, 4) is 0 Å².